The van der Waals surface area contributed by atoms with E-state index in [2.05, 4.69) is 50.8 Å². The van der Waals surface area contributed by atoms with Gasteiger partial charge in [0.1, 0.15) is 8.24 Å². The lowest BCUT2D eigenvalue weighted by Crippen LogP contribution is -2.59. The Morgan fingerprint density at radius 2 is 1.31 bits per heavy atom. The van der Waals surface area contributed by atoms with E-state index in [9.17, 15) is 0 Å². The van der Waals surface area contributed by atoms with E-state index in [0.29, 0.717) is 0 Å². The first-order valence-electron chi connectivity index (χ1n) is 13.2. The van der Waals surface area contributed by atoms with Crippen LogP contribution in [-0.2, 0) is 0 Å². The van der Waals surface area contributed by atoms with Crippen molar-refractivity contribution in [3.63, 3.8) is 0 Å². The van der Waals surface area contributed by atoms with Gasteiger partial charge < -0.3 is 4.98 Å². The Kier molecular flexibility index (Phi) is 5.32. The van der Waals surface area contributed by atoms with Gasteiger partial charge in [-0.15, -0.1) is 0 Å². The third kappa shape index (κ3) is 3.50. The average Bonchev–Trinajstić information content (AvgIpc) is 3.12. The Balaban J connectivity index is 1.46. The molecule has 0 spiro atoms. The maximum Gasteiger partial charge on any atom is 0.123 e. The van der Waals surface area contributed by atoms with Crippen LogP contribution in [0, 0.1) is 35.5 Å². The minimum atomic E-state index is -1.49. The van der Waals surface area contributed by atoms with Crippen LogP contribution in [0.2, 0.25) is 18.6 Å². The topological polar surface area (TPSA) is 15.3 Å². The van der Waals surface area contributed by atoms with Crippen LogP contribution in [-0.4, -0.2) is 37.8 Å². The molecule has 4 saturated carbocycles. The van der Waals surface area contributed by atoms with Crippen LogP contribution >= 0.6 is 0 Å². The predicted octanol–water partition coefficient (Wildman–Crippen LogP) is 6.29. The van der Waals surface area contributed by atoms with Crippen LogP contribution in [0.25, 0.3) is 0 Å². The summed E-state index contributed by atoms with van der Waals surface area (Å²) in [6.45, 7) is 12.6. The van der Waals surface area contributed by atoms with E-state index < -0.39 is 8.24 Å². The minimum Gasteiger partial charge on any atom is -0.332 e. The van der Waals surface area contributed by atoms with Crippen molar-refractivity contribution < 1.29 is 0 Å². The molecule has 3 heteroatoms. The Morgan fingerprint density at radius 1 is 0.690 bits per heavy atom. The molecule has 1 aliphatic heterocycles. The third-order valence-electron chi connectivity index (χ3n) is 10.4. The second kappa shape index (κ2) is 7.34. The number of hydrogen-bond acceptors (Lipinski definition) is 2. The average molecular weight is 417 g/mol. The van der Waals surface area contributed by atoms with Gasteiger partial charge >= 0.3 is 0 Å². The highest BCUT2D eigenvalue weighted by atomic mass is 28.3. The van der Waals surface area contributed by atoms with Gasteiger partial charge in [-0.1, -0.05) is 45.2 Å². The summed E-state index contributed by atoms with van der Waals surface area (Å²) in [7, 11) is 1.02. The molecule has 5 fully saturated rings. The number of fused-ring (bicyclic) bond motifs is 6. The van der Waals surface area contributed by atoms with E-state index in [-0.39, 0.29) is 5.54 Å². The first kappa shape index (κ1) is 21.0. The molecular formula is C26H48N2Si. The van der Waals surface area contributed by atoms with Crippen molar-refractivity contribution in [3.05, 3.63) is 0 Å². The highest BCUT2D eigenvalue weighted by molar-refractivity contribution is 6.76. The quantitative estimate of drug-likeness (QED) is 0.532. The molecule has 0 aromatic carbocycles. The van der Waals surface area contributed by atoms with Gasteiger partial charge in [-0.2, -0.15) is 0 Å². The smallest absolute Gasteiger partial charge is 0.123 e. The van der Waals surface area contributed by atoms with Crippen molar-refractivity contribution >= 4 is 8.24 Å². The summed E-state index contributed by atoms with van der Waals surface area (Å²) in [5.41, 5.74) is 1.28. The molecule has 1 saturated heterocycles. The fourth-order valence-corrected chi connectivity index (χ4v) is 15.1. The first-order valence-corrected chi connectivity index (χ1v) is 16.3. The predicted molar refractivity (Wildman–Crippen MR) is 127 cm³/mol. The van der Waals surface area contributed by atoms with E-state index in [1.165, 1.54) is 38.5 Å². The molecule has 9 unspecified atom stereocenters. The summed E-state index contributed by atoms with van der Waals surface area (Å²) >= 11 is 0. The summed E-state index contributed by atoms with van der Waals surface area (Å²) in [5.74, 6) is 6.24. The van der Waals surface area contributed by atoms with Gasteiger partial charge in [-0.25, -0.2) is 0 Å². The van der Waals surface area contributed by atoms with Gasteiger partial charge in [0.05, 0.1) is 0 Å². The largest absolute Gasteiger partial charge is 0.332 e. The molecule has 1 heterocycles. The number of nitrogens with zero attached hydrogens (tertiary/aromatic N) is 1. The molecule has 9 atom stereocenters. The molecule has 0 amide bonds. The van der Waals surface area contributed by atoms with Crippen molar-refractivity contribution in [3.8, 4) is 0 Å². The van der Waals surface area contributed by atoms with E-state index >= 15 is 0 Å². The van der Waals surface area contributed by atoms with Crippen LogP contribution in [0.3, 0.4) is 0 Å². The van der Waals surface area contributed by atoms with Crippen molar-refractivity contribution in [2.75, 3.05) is 7.05 Å². The molecule has 2 nitrogen and oxygen atoms in total. The normalized spacial score (nSPS) is 48.0. The zero-order chi connectivity index (χ0) is 20.6. The monoisotopic (exact) mass is 416 g/mol. The van der Waals surface area contributed by atoms with E-state index in [4.69, 9.17) is 0 Å². The van der Waals surface area contributed by atoms with Gasteiger partial charge in [0, 0.05) is 17.6 Å². The summed E-state index contributed by atoms with van der Waals surface area (Å²) in [5, 5.41) is 0. The molecule has 0 radical (unpaired) electrons. The Labute approximate surface area is 182 Å². The molecule has 0 aromatic heterocycles. The molecule has 0 aromatic rings. The molecule has 166 valence electrons. The lowest BCUT2D eigenvalue weighted by molar-refractivity contribution is 0.0903. The van der Waals surface area contributed by atoms with E-state index in [0.717, 1.165) is 53.1 Å². The number of hydrogen-bond donors (Lipinski definition) is 1. The van der Waals surface area contributed by atoms with Crippen LogP contribution in [0.1, 0.15) is 85.0 Å². The summed E-state index contributed by atoms with van der Waals surface area (Å²) in [6, 6.07) is 1.85. The van der Waals surface area contributed by atoms with Crippen LogP contribution in [0.5, 0.6) is 0 Å². The molecule has 5 aliphatic rings. The molecule has 4 aliphatic carbocycles. The van der Waals surface area contributed by atoms with Crippen molar-refractivity contribution in [1.29, 1.82) is 0 Å². The SMILES string of the molecule is CN1C2CCCCC2C2CC3C(CC21)C1CCCCC1C3[Si](C)(C)NC(C)(C)C. The second-order valence-corrected chi connectivity index (χ2v) is 17.8. The minimum absolute atomic E-state index is 0.261. The summed E-state index contributed by atoms with van der Waals surface area (Å²) < 4.78 is 0. The van der Waals surface area contributed by atoms with Crippen LogP contribution in [0.15, 0.2) is 0 Å². The summed E-state index contributed by atoms with van der Waals surface area (Å²) in [4.78, 5) is 7.17. The Morgan fingerprint density at radius 3 is 2.00 bits per heavy atom. The zero-order valence-electron chi connectivity index (χ0n) is 20.2. The van der Waals surface area contributed by atoms with Gasteiger partial charge in [0.2, 0.25) is 0 Å². The first-order chi connectivity index (χ1) is 13.7. The van der Waals surface area contributed by atoms with Crippen LogP contribution < -0.4 is 4.98 Å². The van der Waals surface area contributed by atoms with E-state index in [1.54, 1.807) is 25.7 Å². The lowest BCUT2D eigenvalue weighted by Gasteiger charge is -2.46. The van der Waals surface area contributed by atoms with E-state index in [1.807, 2.05) is 0 Å². The molecule has 0 bridgehead atoms. The highest BCUT2D eigenvalue weighted by Gasteiger charge is 2.62. The van der Waals surface area contributed by atoms with Gasteiger partial charge in [0.15, 0.2) is 0 Å². The zero-order valence-corrected chi connectivity index (χ0v) is 21.2. The molecule has 29 heavy (non-hydrogen) atoms. The lowest BCUT2D eigenvalue weighted by atomic mass is 9.65. The number of nitrogens with one attached hydrogen (secondary N) is 1. The molecular weight excluding hydrogens is 368 g/mol. The van der Waals surface area contributed by atoms with Crippen molar-refractivity contribution in [2.45, 2.75) is 121 Å². The molecule has 5 rings (SSSR count). The number of likely N-dealkylation sites (tertiary alicyclic amines) is 1. The Hall–Kier alpha value is 0.137. The molecule has 1 N–H and O–H groups in total. The second-order valence-electron chi connectivity index (χ2n) is 13.4. The van der Waals surface area contributed by atoms with Gasteiger partial charge in [-0.3, -0.25) is 4.90 Å². The highest BCUT2D eigenvalue weighted by Crippen LogP contribution is 2.65. The summed E-state index contributed by atoms with van der Waals surface area (Å²) in [6.07, 6.45) is 15.3. The fraction of sp³-hybridized carbons (Fsp3) is 1.00. The van der Waals surface area contributed by atoms with Crippen molar-refractivity contribution in [1.82, 2.24) is 9.88 Å². The van der Waals surface area contributed by atoms with Gasteiger partial charge in [-0.05, 0) is 101 Å². The van der Waals surface area contributed by atoms with Gasteiger partial charge in [0.25, 0.3) is 0 Å². The number of rotatable bonds is 2. The van der Waals surface area contributed by atoms with Crippen molar-refractivity contribution in [2.24, 2.45) is 35.5 Å². The third-order valence-corrected chi connectivity index (χ3v) is 14.3. The standard InChI is InChI=1S/C26H48N2Si/c1-26(2,3)27-29(5,6)25-19-13-8-7-11-17(19)20-16-24-21(15-22(20)25)18-12-9-10-14-23(18)28(24)4/h17-25,27H,7-16H2,1-6H3. The van der Waals surface area contributed by atoms with Crippen LogP contribution in [0.4, 0.5) is 0 Å². The Bertz CT molecular complexity index is 610. The maximum atomic E-state index is 4.26. The maximum absolute atomic E-state index is 4.26. The fourth-order valence-electron chi connectivity index (χ4n) is 10.1.